The molecule has 4 rings (SSSR count). The van der Waals surface area contributed by atoms with E-state index >= 15 is 0 Å². The summed E-state index contributed by atoms with van der Waals surface area (Å²) in [5.41, 5.74) is 1.23. The monoisotopic (exact) mass is 463 g/mol. The summed E-state index contributed by atoms with van der Waals surface area (Å²) in [4.78, 5) is 28.8. The molecule has 2 aromatic rings. The fourth-order valence-corrected chi connectivity index (χ4v) is 4.25. The van der Waals surface area contributed by atoms with Crippen LogP contribution >= 0.6 is 0 Å². The summed E-state index contributed by atoms with van der Waals surface area (Å²) < 4.78 is 45.9. The summed E-state index contributed by atoms with van der Waals surface area (Å²) in [6, 6.07) is 12.0. The van der Waals surface area contributed by atoms with E-state index in [1.165, 1.54) is 17.0 Å². The highest BCUT2D eigenvalue weighted by atomic mass is 19.4. The van der Waals surface area contributed by atoms with Crippen LogP contribution in [0.15, 0.2) is 48.5 Å². The second-order valence-corrected chi connectivity index (χ2v) is 8.01. The summed E-state index contributed by atoms with van der Waals surface area (Å²) >= 11 is 0. The molecule has 2 aliphatic heterocycles. The second kappa shape index (κ2) is 9.30. The van der Waals surface area contributed by atoms with Crippen molar-refractivity contribution in [2.24, 2.45) is 0 Å². The number of alkyl halides is 3. The number of rotatable bonds is 6. The summed E-state index contributed by atoms with van der Waals surface area (Å²) in [5, 5.41) is 3.31. The topological polar surface area (TPSA) is 71.1 Å². The number of methoxy groups -OCH3 is 1. The van der Waals surface area contributed by atoms with Crippen molar-refractivity contribution >= 4 is 23.2 Å². The lowest BCUT2D eigenvalue weighted by Gasteiger charge is -2.35. The fraction of sp³-hybridized carbons (Fsp3) is 0.391. The molecule has 1 N–H and O–H groups in total. The highest BCUT2D eigenvalue weighted by Gasteiger charge is 2.43. The first-order valence-corrected chi connectivity index (χ1v) is 10.6. The molecular formula is C23H24F3N3O4. The van der Waals surface area contributed by atoms with Gasteiger partial charge >= 0.3 is 6.36 Å². The van der Waals surface area contributed by atoms with Crippen LogP contribution in [0.25, 0.3) is 0 Å². The summed E-state index contributed by atoms with van der Waals surface area (Å²) in [7, 11) is 1.55. The number of anilines is 2. The van der Waals surface area contributed by atoms with Gasteiger partial charge in [-0.15, -0.1) is 13.2 Å². The Morgan fingerprint density at radius 3 is 2.12 bits per heavy atom. The fourth-order valence-electron chi connectivity index (χ4n) is 4.25. The lowest BCUT2D eigenvalue weighted by atomic mass is 10.0. The van der Waals surface area contributed by atoms with Crippen LogP contribution in [0.1, 0.15) is 19.3 Å². The van der Waals surface area contributed by atoms with E-state index in [1.54, 1.807) is 43.5 Å². The van der Waals surface area contributed by atoms with Gasteiger partial charge in [-0.1, -0.05) is 0 Å². The number of amides is 2. The first-order valence-electron chi connectivity index (χ1n) is 10.6. The standard InChI is InChI=1S/C23H24F3N3O4/c1-32-18-8-4-17(5-9-18)29-21(30)14-20(22(29)31)28-12-10-16(11-13-28)27-15-2-6-19(7-3-15)33-23(24,25)26/h2-9,16,20,27H,10-14H2,1H3/t20-/m1/s1. The van der Waals surface area contributed by atoms with Gasteiger partial charge in [0.1, 0.15) is 11.5 Å². The number of piperidine rings is 1. The van der Waals surface area contributed by atoms with Crippen LogP contribution in [0.4, 0.5) is 24.5 Å². The van der Waals surface area contributed by atoms with Crippen molar-refractivity contribution in [1.82, 2.24) is 4.90 Å². The average Bonchev–Trinajstić information content (AvgIpc) is 3.08. The van der Waals surface area contributed by atoms with Gasteiger partial charge in [0, 0.05) is 24.8 Å². The molecule has 0 aromatic heterocycles. The SMILES string of the molecule is COc1ccc(N2C(=O)C[C@@H](N3CCC(Nc4ccc(OC(F)(F)F)cc4)CC3)C2=O)cc1. The van der Waals surface area contributed by atoms with Crippen LogP contribution in [0.5, 0.6) is 11.5 Å². The zero-order valence-corrected chi connectivity index (χ0v) is 18.0. The Kier molecular flexibility index (Phi) is 6.46. The van der Waals surface area contributed by atoms with Crippen molar-refractivity contribution in [3.05, 3.63) is 48.5 Å². The smallest absolute Gasteiger partial charge is 0.497 e. The molecule has 33 heavy (non-hydrogen) atoms. The third-order valence-corrected chi connectivity index (χ3v) is 5.88. The number of carbonyl (C=O) groups is 2. The van der Waals surface area contributed by atoms with Crippen molar-refractivity contribution in [1.29, 1.82) is 0 Å². The Bertz CT molecular complexity index is 988. The molecule has 2 fully saturated rings. The first-order chi connectivity index (χ1) is 15.7. The number of likely N-dealkylation sites (tertiary alicyclic amines) is 1. The highest BCUT2D eigenvalue weighted by Crippen LogP contribution is 2.30. The third kappa shape index (κ3) is 5.39. The van der Waals surface area contributed by atoms with Crippen LogP contribution in [-0.4, -0.2) is 55.4 Å². The molecule has 2 aromatic carbocycles. The molecule has 0 spiro atoms. The molecule has 0 saturated carbocycles. The molecule has 0 radical (unpaired) electrons. The van der Waals surface area contributed by atoms with E-state index in [1.807, 2.05) is 4.90 Å². The van der Waals surface area contributed by atoms with Gasteiger partial charge in [0.05, 0.1) is 25.3 Å². The summed E-state index contributed by atoms with van der Waals surface area (Å²) in [6.45, 7) is 1.26. The highest BCUT2D eigenvalue weighted by molar-refractivity contribution is 6.22. The average molecular weight is 463 g/mol. The van der Waals surface area contributed by atoms with E-state index in [-0.39, 0.29) is 30.0 Å². The molecule has 0 unspecified atom stereocenters. The zero-order valence-electron chi connectivity index (χ0n) is 18.0. The predicted octanol–water partition coefficient (Wildman–Crippen LogP) is 3.80. The van der Waals surface area contributed by atoms with Crippen LogP contribution in [0.2, 0.25) is 0 Å². The molecule has 2 saturated heterocycles. The maximum atomic E-state index is 13.0. The summed E-state index contributed by atoms with van der Waals surface area (Å²) in [5.74, 6) is -0.0754. The minimum atomic E-state index is -4.72. The van der Waals surface area contributed by atoms with Gasteiger partial charge in [-0.05, 0) is 61.4 Å². The summed E-state index contributed by atoms with van der Waals surface area (Å²) in [6.07, 6.45) is -3.10. The van der Waals surface area contributed by atoms with Gasteiger partial charge in [0.25, 0.3) is 5.91 Å². The third-order valence-electron chi connectivity index (χ3n) is 5.88. The number of benzene rings is 2. The molecule has 2 aliphatic rings. The number of hydrogen-bond donors (Lipinski definition) is 1. The van der Waals surface area contributed by atoms with E-state index in [0.29, 0.717) is 30.2 Å². The lowest BCUT2D eigenvalue weighted by Crippen LogP contribution is -2.48. The minimum absolute atomic E-state index is 0.112. The molecule has 10 heteroatoms. The Morgan fingerprint density at radius 2 is 1.55 bits per heavy atom. The van der Waals surface area contributed by atoms with E-state index in [4.69, 9.17) is 4.74 Å². The van der Waals surface area contributed by atoms with Crippen molar-refractivity contribution in [2.45, 2.75) is 37.7 Å². The van der Waals surface area contributed by atoms with E-state index in [9.17, 15) is 22.8 Å². The molecule has 176 valence electrons. The van der Waals surface area contributed by atoms with Crippen LogP contribution in [0, 0.1) is 0 Å². The Morgan fingerprint density at radius 1 is 0.939 bits per heavy atom. The molecule has 7 nitrogen and oxygen atoms in total. The van der Waals surface area contributed by atoms with E-state index in [2.05, 4.69) is 10.1 Å². The predicted molar refractivity (Wildman–Crippen MR) is 115 cm³/mol. The van der Waals surface area contributed by atoms with Gasteiger partial charge in [-0.3, -0.25) is 14.5 Å². The van der Waals surface area contributed by atoms with Gasteiger partial charge in [-0.2, -0.15) is 0 Å². The van der Waals surface area contributed by atoms with Crippen LogP contribution in [0.3, 0.4) is 0 Å². The molecule has 2 amide bonds. The molecule has 0 aliphatic carbocycles. The number of nitrogens with zero attached hydrogens (tertiary/aromatic N) is 2. The number of ether oxygens (including phenoxy) is 2. The Labute approximate surface area is 189 Å². The largest absolute Gasteiger partial charge is 0.573 e. The van der Waals surface area contributed by atoms with Crippen molar-refractivity contribution in [3.8, 4) is 11.5 Å². The number of carbonyl (C=O) groups excluding carboxylic acids is 2. The Hall–Kier alpha value is -3.27. The van der Waals surface area contributed by atoms with Gasteiger partial charge in [-0.25, -0.2) is 4.90 Å². The maximum Gasteiger partial charge on any atom is 0.573 e. The minimum Gasteiger partial charge on any atom is -0.497 e. The quantitative estimate of drug-likeness (QED) is 0.658. The van der Waals surface area contributed by atoms with Gasteiger partial charge in [0.2, 0.25) is 5.91 Å². The van der Waals surface area contributed by atoms with Crippen LogP contribution in [-0.2, 0) is 9.59 Å². The number of nitrogens with one attached hydrogen (secondary N) is 1. The van der Waals surface area contributed by atoms with E-state index < -0.39 is 12.4 Å². The molecule has 0 bridgehead atoms. The van der Waals surface area contributed by atoms with Gasteiger partial charge < -0.3 is 14.8 Å². The normalized spacial score (nSPS) is 20.2. The zero-order chi connectivity index (χ0) is 23.6. The lowest BCUT2D eigenvalue weighted by molar-refractivity contribution is -0.274. The van der Waals surface area contributed by atoms with Gasteiger partial charge in [0.15, 0.2) is 0 Å². The van der Waals surface area contributed by atoms with E-state index in [0.717, 1.165) is 12.8 Å². The number of imide groups is 1. The number of halogens is 3. The Balaban J connectivity index is 1.31. The van der Waals surface area contributed by atoms with Crippen molar-refractivity contribution in [2.75, 3.05) is 30.4 Å². The van der Waals surface area contributed by atoms with Crippen molar-refractivity contribution in [3.63, 3.8) is 0 Å². The van der Waals surface area contributed by atoms with Crippen molar-refractivity contribution < 1.29 is 32.2 Å². The molecular weight excluding hydrogens is 439 g/mol. The molecule has 1 atom stereocenters. The molecule has 2 heterocycles. The first kappa shape index (κ1) is 22.9. The van der Waals surface area contributed by atoms with Crippen LogP contribution < -0.4 is 19.7 Å². The maximum absolute atomic E-state index is 13.0. The number of hydrogen-bond acceptors (Lipinski definition) is 6. The second-order valence-electron chi connectivity index (χ2n) is 8.01.